The van der Waals surface area contributed by atoms with Gasteiger partial charge in [0, 0.05) is 13.2 Å². The van der Waals surface area contributed by atoms with E-state index in [1.54, 1.807) is 6.92 Å². The number of anilines is 1. The lowest BCUT2D eigenvalue weighted by molar-refractivity contribution is 0.180. The van der Waals surface area contributed by atoms with Crippen LogP contribution in [0.2, 0.25) is 0 Å². The molecule has 1 atom stereocenters. The molecule has 0 aliphatic heterocycles. The molecule has 0 saturated heterocycles. The molecule has 0 radical (unpaired) electrons. The standard InChI is InChI=1S/C11H17FN2O4S/c1-7(6-17-2)14-19(15,16)8-4-9(12)11(18-3)10(13)5-8/h4-5,7,14H,6,13H2,1-3H3. The molecule has 1 aromatic rings. The molecule has 19 heavy (non-hydrogen) atoms. The van der Waals surface area contributed by atoms with E-state index in [1.807, 2.05) is 0 Å². The molecular weight excluding hydrogens is 275 g/mol. The lowest BCUT2D eigenvalue weighted by atomic mass is 10.3. The Hall–Kier alpha value is -1.38. The summed E-state index contributed by atoms with van der Waals surface area (Å²) in [5.41, 5.74) is 5.46. The minimum absolute atomic E-state index is 0.0812. The van der Waals surface area contributed by atoms with Crippen LogP contribution in [0, 0.1) is 5.82 Å². The summed E-state index contributed by atoms with van der Waals surface area (Å²) < 4.78 is 49.5. The first kappa shape index (κ1) is 15.7. The van der Waals surface area contributed by atoms with Gasteiger partial charge in [-0.3, -0.25) is 0 Å². The number of benzene rings is 1. The molecule has 0 fully saturated rings. The van der Waals surface area contributed by atoms with Crippen molar-refractivity contribution in [3.8, 4) is 5.75 Å². The first-order chi connectivity index (χ1) is 8.81. The van der Waals surface area contributed by atoms with E-state index in [4.69, 9.17) is 15.2 Å². The highest BCUT2D eigenvalue weighted by molar-refractivity contribution is 7.89. The van der Waals surface area contributed by atoms with Gasteiger partial charge in [0.15, 0.2) is 11.6 Å². The Labute approximate surface area is 111 Å². The van der Waals surface area contributed by atoms with Gasteiger partial charge in [0.25, 0.3) is 0 Å². The third kappa shape index (κ3) is 3.79. The van der Waals surface area contributed by atoms with Gasteiger partial charge in [0.1, 0.15) is 0 Å². The van der Waals surface area contributed by atoms with E-state index < -0.39 is 21.9 Å². The Morgan fingerprint density at radius 1 is 1.42 bits per heavy atom. The normalized spacial score (nSPS) is 13.3. The molecule has 0 aliphatic rings. The van der Waals surface area contributed by atoms with E-state index in [-0.39, 0.29) is 22.9 Å². The van der Waals surface area contributed by atoms with Gasteiger partial charge in [-0.15, -0.1) is 0 Å². The Bertz CT molecular complexity index is 525. The van der Waals surface area contributed by atoms with Crippen molar-refractivity contribution >= 4 is 15.7 Å². The molecule has 0 aliphatic carbocycles. The van der Waals surface area contributed by atoms with E-state index >= 15 is 0 Å². The van der Waals surface area contributed by atoms with Gasteiger partial charge < -0.3 is 15.2 Å². The number of methoxy groups -OCH3 is 2. The zero-order valence-electron chi connectivity index (χ0n) is 10.9. The van der Waals surface area contributed by atoms with Gasteiger partial charge in [-0.1, -0.05) is 0 Å². The topological polar surface area (TPSA) is 90.7 Å². The lowest BCUT2D eigenvalue weighted by Crippen LogP contribution is -2.35. The van der Waals surface area contributed by atoms with Crippen molar-refractivity contribution in [3.63, 3.8) is 0 Å². The van der Waals surface area contributed by atoms with Crippen LogP contribution in [0.3, 0.4) is 0 Å². The fraction of sp³-hybridized carbons (Fsp3) is 0.455. The summed E-state index contributed by atoms with van der Waals surface area (Å²) in [7, 11) is -1.15. The molecule has 6 nitrogen and oxygen atoms in total. The van der Waals surface area contributed by atoms with E-state index in [2.05, 4.69) is 4.72 Å². The molecule has 0 bridgehead atoms. The summed E-state index contributed by atoms with van der Waals surface area (Å²) in [6.45, 7) is 1.83. The van der Waals surface area contributed by atoms with Gasteiger partial charge in [-0.25, -0.2) is 17.5 Å². The van der Waals surface area contributed by atoms with Gasteiger partial charge in [0.2, 0.25) is 10.0 Å². The Morgan fingerprint density at radius 3 is 2.53 bits per heavy atom. The smallest absolute Gasteiger partial charge is 0.241 e. The van der Waals surface area contributed by atoms with Crippen molar-refractivity contribution < 1.29 is 22.3 Å². The van der Waals surface area contributed by atoms with Crippen LogP contribution in [-0.4, -0.2) is 35.3 Å². The number of hydrogen-bond donors (Lipinski definition) is 2. The Kier molecular flexibility index (Phi) is 5.10. The molecule has 3 N–H and O–H groups in total. The average Bonchev–Trinajstić information content (AvgIpc) is 2.27. The molecule has 1 unspecified atom stereocenters. The van der Waals surface area contributed by atoms with Gasteiger partial charge in [-0.05, 0) is 19.1 Å². The van der Waals surface area contributed by atoms with Gasteiger partial charge in [-0.2, -0.15) is 0 Å². The highest BCUT2D eigenvalue weighted by atomic mass is 32.2. The van der Waals surface area contributed by atoms with Crippen LogP contribution in [0.15, 0.2) is 17.0 Å². The maximum atomic E-state index is 13.6. The molecule has 108 valence electrons. The van der Waals surface area contributed by atoms with Crippen molar-refractivity contribution in [1.82, 2.24) is 4.72 Å². The van der Waals surface area contributed by atoms with E-state index in [0.717, 1.165) is 12.1 Å². The van der Waals surface area contributed by atoms with E-state index in [9.17, 15) is 12.8 Å². The fourth-order valence-electron chi connectivity index (χ4n) is 1.58. The minimum Gasteiger partial charge on any atom is -0.492 e. The van der Waals surface area contributed by atoms with Crippen LogP contribution in [0.25, 0.3) is 0 Å². The molecule has 1 aromatic carbocycles. The molecule has 0 spiro atoms. The highest BCUT2D eigenvalue weighted by Crippen LogP contribution is 2.28. The zero-order chi connectivity index (χ0) is 14.6. The Balaban J connectivity index is 3.09. The maximum Gasteiger partial charge on any atom is 0.241 e. The SMILES string of the molecule is COCC(C)NS(=O)(=O)c1cc(N)c(OC)c(F)c1. The van der Waals surface area contributed by atoms with E-state index in [0.29, 0.717) is 0 Å². The molecule has 0 aromatic heterocycles. The summed E-state index contributed by atoms with van der Waals surface area (Å²) in [5, 5.41) is 0. The lowest BCUT2D eigenvalue weighted by Gasteiger charge is -2.14. The fourth-order valence-corrected chi connectivity index (χ4v) is 2.85. The summed E-state index contributed by atoms with van der Waals surface area (Å²) in [6, 6.07) is 1.56. The Morgan fingerprint density at radius 2 is 2.05 bits per heavy atom. The van der Waals surface area contributed by atoms with Crippen LogP contribution < -0.4 is 15.2 Å². The largest absolute Gasteiger partial charge is 0.492 e. The molecule has 1 rings (SSSR count). The first-order valence-electron chi connectivity index (χ1n) is 5.46. The van der Waals surface area contributed by atoms with Crippen LogP contribution in [-0.2, 0) is 14.8 Å². The zero-order valence-corrected chi connectivity index (χ0v) is 11.8. The highest BCUT2D eigenvalue weighted by Gasteiger charge is 2.21. The van der Waals surface area contributed by atoms with Crippen molar-refractivity contribution in [2.75, 3.05) is 26.6 Å². The second-order valence-corrected chi connectivity index (χ2v) is 5.72. The number of nitrogen functional groups attached to an aromatic ring is 1. The summed E-state index contributed by atoms with van der Waals surface area (Å²) in [5.74, 6) is -1.01. The van der Waals surface area contributed by atoms with Crippen LogP contribution in [0.1, 0.15) is 6.92 Å². The first-order valence-corrected chi connectivity index (χ1v) is 6.94. The number of halogens is 1. The van der Waals surface area contributed by atoms with Crippen molar-refractivity contribution in [3.05, 3.63) is 17.9 Å². The third-order valence-electron chi connectivity index (χ3n) is 2.33. The van der Waals surface area contributed by atoms with Crippen LogP contribution in [0.5, 0.6) is 5.75 Å². The summed E-state index contributed by atoms with van der Waals surface area (Å²) in [6.07, 6.45) is 0. The maximum absolute atomic E-state index is 13.6. The minimum atomic E-state index is -3.86. The second-order valence-electron chi connectivity index (χ2n) is 4.01. The van der Waals surface area contributed by atoms with E-state index in [1.165, 1.54) is 14.2 Å². The molecular formula is C11H17FN2O4S. The molecule has 8 heteroatoms. The number of rotatable bonds is 6. The van der Waals surface area contributed by atoms with Crippen molar-refractivity contribution in [1.29, 1.82) is 0 Å². The molecule has 0 heterocycles. The van der Waals surface area contributed by atoms with Crippen molar-refractivity contribution in [2.45, 2.75) is 17.9 Å². The summed E-state index contributed by atoms with van der Waals surface area (Å²) in [4.78, 5) is -0.258. The number of hydrogen-bond acceptors (Lipinski definition) is 5. The van der Waals surface area contributed by atoms with Crippen molar-refractivity contribution in [2.24, 2.45) is 0 Å². The average molecular weight is 292 g/mol. The summed E-state index contributed by atoms with van der Waals surface area (Å²) >= 11 is 0. The van der Waals surface area contributed by atoms with Crippen LogP contribution >= 0.6 is 0 Å². The van der Waals surface area contributed by atoms with Crippen LogP contribution in [0.4, 0.5) is 10.1 Å². The predicted octanol–water partition coefficient (Wildman–Crippen LogP) is 0.730. The number of nitrogens with one attached hydrogen (secondary N) is 1. The van der Waals surface area contributed by atoms with Gasteiger partial charge in [0.05, 0.1) is 24.3 Å². The quantitative estimate of drug-likeness (QED) is 0.754. The molecule has 0 saturated carbocycles. The second kappa shape index (κ2) is 6.18. The molecule has 0 amide bonds. The number of sulfonamides is 1. The monoisotopic (exact) mass is 292 g/mol. The number of ether oxygens (including phenoxy) is 2. The van der Waals surface area contributed by atoms with Gasteiger partial charge >= 0.3 is 0 Å². The number of nitrogens with two attached hydrogens (primary N) is 1. The third-order valence-corrected chi connectivity index (χ3v) is 3.90. The predicted molar refractivity (Wildman–Crippen MR) is 69.0 cm³/mol.